The maximum absolute atomic E-state index is 13.1. The van der Waals surface area contributed by atoms with Crippen LogP contribution < -0.4 is 0 Å². The van der Waals surface area contributed by atoms with Crippen molar-refractivity contribution in [2.24, 2.45) is 0 Å². The highest BCUT2D eigenvalue weighted by atomic mass is 19.1. The number of methoxy groups -OCH3 is 1. The molecule has 0 atom stereocenters. The van der Waals surface area contributed by atoms with E-state index in [1.54, 1.807) is 22.8 Å². The number of halogens is 1. The Hall–Kier alpha value is -2.69. The topological polar surface area (TPSA) is 43.6 Å². The third kappa shape index (κ3) is 2.16. The summed E-state index contributed by atoms with van der Waals surface area (Å²) in [6, 6.07) is 9.63. The number of aryl methyl sites for hydroxylation is 1. The number of pyridine rings is 1. The van der Waals surface area contributed by atoms with Crippen molar-refractivity contribution in [2.75, 3.05) is 7.11 Å². The number of hydrogen-bond donors (Lipinski definition) is 0. The maximum atomic E-state index is 13.1. The van der Waals surface area contributed by atoms with Crippen LogP contribution in [0.25, 0.3) is 16.8 Å². The molecule has 3 rings (SSSR count). The molecule has 0 spiro atoms. The quantitative estimate of drug-likeness (QED) is 0.679. The van der Waals surface area contributed by atoms with E-state index in [0.717, 1.165) is 5.56 Å². The van der Waals surface area contributed by atoms with Gasteiger partial charge in [0, 0.05) is 11.8 Å². The molecule has 0 aliphatic carbocycles. The van der Waals surface area contributed by atoms with Gasteiger partial charge in [-0.25, -0.2) is 13.7 Å². The van der Waals surface area contributed by atoms with Gasteiger partial charge in [0.1, 0.15) is 17.1 Å². The van der Waals surface area contributed by atoms with Crippen molar-refractivity contribution in [3.8, 4) is 11.3 Å². The Morgan fingerprint density at radius 3 is 2.62 bits per heavy atom. The number of ether oxygens (including phenoxy) is 1. The van der Waals surface area contributed by atoms with Gasteiger partial charge in [-0.05, 0) is 42.8 Å². The smallest absolute Gasteiger partial charge is 0.342 e. The van der Waals surface area contributed by atoms with Crippen LogP contribution in [0.5, 0.6) is 0 Å². The van der Waals surface area contributed by atoms with Crippen LogP contribution >= 0.6 is 0 Å². The Morgan fingerprint density at radius 1 is 1.24 bits per heavy atom. The lowest BCUT2D eigenvalue weighted by molar-refractivity contribution is 0.0603. The Labute approximate surface area is 120 Å². The van der Waals surface area contributed by atoms with Crippen molar-refractivity contribution >= 4 is 11.5 Å². The first-order valence-electron chi connectivity index (χ1n) is 6.44. The molecule has 3 aromatic rings. The van der Waals surface area contributed by atoms with Gasteiger partial charge < -0.3 is 4.74 Å². The first kappa shape index (κ1) is 13.3. The van der Waals surface area contributed by atoms with Crippen molar-refractivity contribution in [3.63, 3.8) is 0 Å². The second-order valence-corrected chi connectivity index (χ2v) is 4.71. The van der Waals surface area contributed by atoms with E-state index >= 15 is 0 Å². The number of fused-ring (bicyclic) bond motifs is 1. The molecule has 0 fully saturated rings. The zero-order chi connectivity index (χ0) is 15.0. The summed E-state index contributed by atoms with van der Waals surface area (Å²) >= 11 is 0. The molecule has 0 saturated carbocycles. The average molecular weight is 284 g/mol. The molecule has 5 heteroatoms. The molecule has 1 aromatic carbocycles. The standard InChI is InChI=1S/C16H13FN2O2/c1-10-4-3-9-19-15(10)13(16(20)21-2)14(18-19)11-5-7-12(17)8-6-11/h3-9H,1-2H3. The molecular weight excluding hydrogens is 271 g/mol. The Bertz CT molecular complexity index is 822. The van der Waals surface area contributed by atoms with E-state index in [4.69, 9.17) is 4.74 Å². The van der Waals surface area contributed by atoms with Crippen LogP contribution in [-0.2, 0) is 4.74 Å². The molecule has 2 heterocycles. The van der Waals surface area contributed by atoms with Gasteiger partial charge in [-0.1, -0.05) is 6.07 Å². The molecule has 0 N–H and O–H groups in total. The first-order chi connectivity index (χ1) is 10.1. The number of benzene rings is 1. The van der Waals surface area contributed by atoms with Gasteiger partial charge >= 0.3 is 5.97 Å². The van der Waals surface area contributed by atoms with Gasteiger partial charge in [-0.15, -0.1) is 0 Å². The predicted octanol–water partition coefficient (Wildman–Crippen LogP) is 3.24. The van der Waals surface area contributed by atoms with E-state index in [9.17, 15) is 9.18 Å². The number of carbonyl (C=O) groups is 1. The van der Waals surface area contributed by atoms with Gasteiger partial charge in [0.25, 0.3) is 0 Å². The summed E-state index contributed by atoms with van der Waals surface area (Å²) in [5.41, 5.74) is 3.15. The van der Waals surface area contributed by atoms with E-state index in [1.807, 2.05) is 19.1 Å². The molecule has 0 amide bonds. The van der Waals surface area contributed by atoms with E-state index < -0.39 is 5.97 Å². The van der Waals surface area contributed by atoms with Crippen LogP contribution in [-0.4, -0.2) is 22.7 Å². The number of hydrogen-bond acceptors (Lipinski definition) is 3. The summed E-state index contributed by atoms with van der Waals surface area (Å²) in [7, 11) is 1.33. The lowest BCUT2D eigenvalue weighted by Gasteiger charge is -2.03. The van der Waals surface area contributed by atoms with Crippen LogP contribution in [0.15, 0.2) is 42.6 Å². The number of rotatable bonds is 2. The van der Waals surface area contributed by atoms with Gasteiger partial charge in [-0.3, -0.25) is 0 Å². The van der Waals surface area contributed by atoms with Crippen LogP contribution in [0, 0.1) is 12.7 Å². The second-order valence-electron chi connectivity index (χ2n) is 4.71. The van der Waals surface area contributed by atoms with E-state index in [1.165, 1.54) is 19.2 Å². The highest BCUT2D eigenvalue weighted by molar-refractivity contribution is 6.04. The summed E-state index contributed by atoms with van der Waals surface area (Å²) in [5.74, 6) is -0.795. The van der Waals surface area contributed by atoms with Crippen LogP contribution in [0.3, 0.4) is 0 Å². The van der Waals surface area contributed by atoms with Crippen LogP contribution in [0.1, 0.15) is 15.9 Å². The third-order valence-electron chi connectivity index (χ3n) is 3.36. The first-order valence-corrected chi connectivity index (χ1v) is 6.44. The minimum Gasteiger partial charge on any atom is -0.465 e. The fourth-order valence-corrected chi connectivity index (χ4v) is 2.37. The molecule has 0 aliphatic rings. The molecule has 0 radical (unpaired) electrons. The number of nitrogens with zero attached hydrogens (tertiary/aromatic N) is 2. The molecule has 0 unspecified atom stereocenters. The summed E-state index contributed by atoms with van der Waals surface area (Å²) < 4.78 is 19.6. The molecule has 106 valence electrons. The monoisotopic (exact) mass is 284 g/mol. The minimum absolute atomic E-state index is 0.335. The summed E-state index contributed by atoms with van der Waals surface area (Å²) in [6.07, 6.45) is 1.77. The Balaban J connectivity index is 2.34. The highest BCUT2D eigenvalue weighted by Crippen LogP contribution is 2.28. The molecule has 4 nitrogen and oxygen atoms in total. The largest absolute Gasteiger partial charge is 0.465 e. The number of carbonyl (C=O) groups excluding carboxylic acids is 1. The van der Waals surface area contributed by atoms with Crippen molar-refractivity contribution in [1.82, 2.24) is 9.61 Å². The van der Waals surface area contributed by atoms with Crippen LogP contribution in [0.2, 0.25) is 0 Å². The average Bonchev–Trinajstić information content (AvgIpc) is 2.88. The maximum Gasteiger partial charge on any atom is 0.342 e. The zero-order valence-electron chi connectivity index (χ0n) is 11.6. The van der Waals surface area contributed by atoms with E-state index in [0.29, 0.717) is 22.3 Å². The molecule has 2 aromatic heterocycles. The number of esters is 1. The molecule has 0 aliphatic heterocycles. The van der Waals surface area contributed by atoms with Crippen molar-refractivity contribution in [1.29, 1.82) is 0 Å². The highest BCUT2D eigenvalue weighted by Gasteiger charge is 2.22. The number of aromatic nitrogens is 2. The Morgan fingerprint density at radius 2 is 1.95 bits per heavy atom. The SMILES string of the molecule is COC(=O)c1c(-c2ccc(F)cc2)nn2cccc(C)c12. The lowest BCUT2D eigenvalue weighted by Crippen LogP contribution is -2.03. The zero-order valence-corrected chi connectivity index (χ0v) is 11.6. The van der Waals surface area contributed by atoms with Crippen molar-refractivity contribution in [3.05, 3.63) is 59.5 Å². The summed E-state index contributed by atoms with van der Waals surface area (Å²) in [6.45, 7) is 1.90. The minimum atomic E-state index is -0.460. The van der Waals surface area contributed by atoms with Gasteiger partial charge in [0.15, 0.2) is 0 Å². The van der Waals surface area contributed by atoms with E-state index in [-0.39, 0.29) is 5.82 Å². The van der Waals surface area contributed by atoms with Gasteiger partial charge in [-0.2, -0.15) is 5.10 Å². The van der Waals surface area contributed by atoms with Crippen molar-refractivity contribution in [2.45, 2.75) is 6.92 Å². The molecular formula is C16H13FN2O2. The molecule has 21 heavy (non-hydrogen) atoms. The Kier molecular flexibility index (Phi) is 3.17. The van der Waals surface area contributed by atoms with Crippen LogP contribution in [0.4, 0.5) is 4.39 Å². The molecule has 0 bridgehead atoms. The fourth-order valence-electron chi connectivity index (χ4n) is 2.37. The van der Waals surface area contributed by atoms with E-state index in [2.05, 4.69) is 5.10 Å². The fraction of sp³-hybridized carbons (Fsp3) is 0.125. The van der Waals surface area contributed by atoms with Gasteiger partial charge in [0.05, 0.1) is 12.6 Å². The van der Waals surface area contributed by atoms with Gasteiger partial charge in [0.2, 0.25) is 0 Å². The lowest BCUT2D eigenvalue weighted by atomic mass is 10.0. The van der Waals surface area contributed by atoms with Crippen molar-refractivity contribution < 1.29 is 13.9 Å². The molecule has 0 saturated heterocycles. The second kappa shape index (κ2) is 5.01. The third-order valence-corrected chi connectivity index (χ3v) is 3.36. The summed E-state index contributed by atoms with van der Waals surface area (Å²) in [4.78, 5) is 12.2. The normalized spacial score (nSPS) is 10.8. The predicted molar refractivity (Wildman–Crippen MR) is 76.7 cm³/mol. The summed E-state index contributed by atoms with van der Waals surface area (Å²) in [5, 5.41) is 4.44.